The van der Waals surface area contributed by atoms with Gasteiger partial charge in [0.05, 0.1) is 5.41 Å². The fourth-order valence-corrected chi connectivity index (χ4v) is 11.1. The number of benzene rings is 5. The highest BCUT2D eigenvalue weighted by Gasteiger charge is 2.52. The van der Waals surface area contributed by atoms with E-state index in [2.05, 4.69) is 191 Å². The molecule has 0 amide bonds. The van der Waals surface area contributed by atoms with E-state index in [1.165, 1.54) is 129 Å². The fraction of sp³-hybridized carbons (Fsp3) is 0.433. The molecule has 0 saturated carbocycles. The first-order valence-electron chi connectivity index (χ1n) is 26.9. The first kappa shape index (κ1) is 48.5. The third kappa shape index (κ3) is 10.4. The Kier molecular flexibility index (Phi) is 15.6. The molecule has 1 spiro atoms. The van der Waals surface area contributed by atoms with Gasteiger partial charge in [0.1, 0.15) is 0 Å². The summed E-state index contributed by atoms with van der Waals surface area (Å²) < 4.78 is 0. The second-order valence-corrected chi connectivity index (χ2v) is 21.7. The Bertz CT molecular complexity index is 2570. The maximum Gasteiger partial charge on any atom is 0.0726 e. The summed E-state index contributed by atoms with van der Waals surface area (Å²) in [4.78, 5) is 0. The molecule has 0 aliphatic heterocycles. The maximum absolute atomic E-state index is 2.76. The lowest BCUT2D eigenvalue weighted by Crippen LogP contribution is -2.27. The molecule has 4 unspecified atom stereocenters. The van der Waals surface area contributed by atoms with E-state index in [0.29, 0.717) is 23.7 Å². The Morgan fingerprint density at radius 2 is 0.806 bits per heavy atom. The summed E-state index contributed by atoms with van der Waals surface area (Å²) in [5, 5.41) is 0. The lowest BCUT2D eigenvalue weighted by molar-refractivity contribution is 0.505. The van der Waals surface area contributed by atoms with Gasteiger partial charge in [-0.15, -0.1) is 0 Å². The molecule has 350 valence electrons. The average molecular weight is 887 g/mol. The zero-order valence-electron chi connectivity index (χ0n) is 43.3. The van der Waals surface area contributed by atoms with Crippen molar-refractivity contribution in [3.05, 3.63) is 181 Å². The molecule has 0 heteroatoms. The van der Waals surface area contributed by atoms with Gasteiger partial charge in [-0.1, -0.05) is 201 Å². The van der Waals surface area contributed by atoms with Gasteiger partial charge in [0.15, 0.2) is 0 Å². The zero-order valence-corrected chi connectivity index (χ0v) is 43.3. The van der Waals surface area contributed by atoms with Crippen molar-refractivity contribution in [1.29, 1.82) is 0 Å². The summed E-state index contributed by atoms with van der Waals surface area (Å²) in [6.07, 6.45) is 30.7. The van der Waals surface area contributed by atoms with Crippen molar-refractivity contribution >= 4 is 18.2 Å². The third-order valence-electron chi connectivity index (χ3n) is 16.8. The van der Waals surface area contributed by atoms with E-state index in [0.717, 1.165) is 38.5 Å². The standard InChI is InChI=1S/C67H82/c1-11-45(5)19-33-55-41-61-62-42-56(34-20-46(6)12-2)58(36-22-48(8)14-4)44-66(62)67(65(61)43-57(55)35-21-47(7)13-3)63-39-53(29-27-51-23-15-49(9)16-24-51)31-37-59(63)60-38-32-54(40-64(60)67)30-28-52-25-17-50(10)18-26-52/h15-17,23-25,27-32,37-48H,11-14,18-22,26,33-36H2,1-10H3/b29-27+,30-28+. The molecule has 3 aliphatic rings. The van der Waals surface area contributed by atoms with Crippen LogP contribution in [0.25, 0.3) is 40.5 Å². The molecular weight excluding hydrogens is 805 g/mol. The molecule has 8 rings (SSSR count). The molecule has 0 bridgehead atoms. The maximum atomic E-state index is 2.76. The summed E-state index contributed by atoms with van der Waals surface area (Å²) >= 11 is 0. The molecule has 4 atom stereocenters. The summed E-state index contributed by atoms with van der Waals surface area (Å²) in [6, 6.07) is 34.8. The minimum absolute atomic E-state index is 0.433. The number of rotatable bonds is 20. The predicted octanol–water partition coefficient (Wildman–Crippen LogP) is 19.1. The number of allylic oxidation sites excluding steroid dienone is 5. The van der Waals surface area contributed by atoms with E-state index in [9.17, 15) is 0 Å². The largest absolute Gasteiger partial charge is 0.0730 e. The number of hydrogen-bond acceptors (Lipinski definition) is 0. The quantitative estimate of drug-likeness (QED) is 0.0669. The highest BCUT2D eigenvalue weighted by molar-refractivity contribution is 5.96. The van der Waals surface area contributed by atoms with Crippen molar-refractivity contribution in [3.63, 3.8) is 0 Å². The van der Waals surface area contributed by atoms with Crippen molar-refractivity contribution in [3.8, 4) is 22.3 Å². The molecule has 3 aliphatic carbocycles. The van der Waals surface area contributed by atoms with Crippen molar-refractivity contribution < 1.29 is 0 Å². The Morgan fingerprint density at radius 1 is 0.418 bits per heavy atom. The summed E-state index contributed by atoms with van der Waals surface area (Å²) in [5.41, 5.74) is 25.5. The molecule has 0 heterocycles. The van der Waals surface area contributed by atoms with Crippen LogP contribution in [0.4, 0.5) is 0 Å². The van der Waals surface area contributed by atoms with Crippen LogP contribution in [-0.2, 0) is 31.1 Å². The minimum atomic E-state index is -0.433. The van der Waals surface area contributed by atoms with Crippen LogP contribution >= 0.6 is 0 Å². The number of hydrogen-bond donors (Lipinski definition) is 0. The van der Waals surface area contributed by atoms with E-state index < -0.39 is 5.41 Å². The van der Waals surface area contributed by atoms with Crippen LogP contribution in [0.3, 0.4) is 0 Å². The van der Waals surface area contributed by atoms with E-state index in [1.54, 1.807) is 22.3 Å². The van der Waals surface area contributed by atoms with Gasteiger partial charge < -0.3 is 0 Å². The minimum Gasteiger partial charge on any atom is -0.0730 e. The molecule has 0 radical (unpaired) electrons. The van der Waals surface area contributed by atoms with Gasteiger partial charge in [0.2, 0.25) is 0 Å². The van der Waals surface area contributed by atoms with Gasteiger partial charge >= 0.3 is 0 Å². The van der Waals surface area contributed by atoms with Crippen LogP contribution in [0.1, 0.15) is 193 Å². The SMILES string of the molecule is CCC(C)CCc1cc2c(cc1CCC(C)CC)C1(c3cc(/C=C/C4=CC=C(C)CC4)ccc3-c3ccc(/C=C/c4ccc(C)cc4)cc31)c1cc(CCC(C)CC)c(CCC(C)CC)cc1-2. The molecule has 0 N–H and O–H groups in total. The van der Waals surface area contributed by atoms with Crippen molar-refractivity contribution in [1.82, 2.24) is 0 Å². The number of fused-ring (bicyclic) bond motifs is 10. The monoisotopic (exact) mass is 887 g/mol. The van der Waals surface area contributed by atoms with Crippen LogP contribution in [0.5, 0.6) is 0 Å². The molecular formula is C67H82. The normalized spacial score (nSPS) is 17.9. The average Bonchev–Trinajstić information content (AvgIpc) is 3.79. The highest BCUT2D eigenvalue weighted by atomic mass is 14.5. The number of aryl methyl sites for hydroxylation is 5. The van der Waals surface area contributed by atoms with E-state index in [-0.39, 0.29) is 0 Å². The molecule has 5 aromatic rings. The topological polar surface area (TPSA) is 0 Å². The first-order valence-corrected chi connectivity index (χ1v) is 26.9. The van der Waals surface area contributed by atoms with Crippen molar-refractivity contribution in [2.75, 3.05) is 0 Å². The van der Waals surface area contributed by atoms with Gasteiger partial charge in [-0.2, -0.15) is 0 Å². The fourth-order valence-electron chi connectivity index (χ4n) is 11.1. The second kappa shape index (κ2) is 21.6. The Morgan fingerprint density at radius 3 is 1.22 bits per heavy atom. The van der Waals surface area contributed by atoms with Crippen molar-refractivity contribution in [2.45, 2.75) is 165 Å². The van der Waals surface area contributed by atoms with Gasteiger partial charge in [-0.3, -0.25) is 0 Å². The smallest absolute Gasteiger partial charge is 0.0726 e. The van der Waals surface area contributed by atoms with Crippen LogP contribution in [0, 0.1) is 30.6 Å². The van der Waals surface area contributed by atoms with Crippen LogP contribution in [0.15, 0.2) is 114 Å². The van der Waals surface area contributed by atoms with E-state index in [4.69, 9.17) is 0 Å². The summed E-state index contributed by atoms with van der Waals surface area (Å²) in [6.45, 7) is 23.7. The molecule has 0 aromatic heterocycles. The van der Waals surface area contributed by atoms with Crippen LogP contribution in [-0.4, -0.2) is 0 Å². The molecule has 0 fully saturated rings. The Labute approximate surface area is 407 Å². The Hall–Kier alpha value is -4.94. The van der Waals surface area contributed by atoms with Gasteiger partial charge in [-0.25, -0.2) is 0 Å². The molecule has 0 nitrogen and oxygen atoms in total. The molecule has 67 heavy (non-hydrogen) atoms. The summed E-state index contributed by atoms with van der Waals surface area (Å²) in [5.74, 6) is 2.83. The lowest BCUT2D eigenvalue weighted by atomic mass is 9.69. The summed E-state index contributed by atoms with van der Waals surface area (Å²) in [7, 11) is 0. The van der Waals surface area contributed by atoms with Crippen LogP contribution in [0.2, 0.25) is 0 Å². The van der Waals surface area contributed by atoms with Gasteiger partial charge in [0, 0.05) is 0 Å². The van der Waals surface area contributed by atoms with Gasteiger partial charge in [-0.05, 0) is 203 Å². The van der Waals surface area contributed by atoms with Crippen LogP contribution < -0.4 is 0 Å². The lowest BCUT2D eigenvalue weighted by Gasteiger charge is -2.32. The van der Waals surface area contributed by atoms with Crippen molar-refractivity contribution in [2.24, 2.45) is 23.7 Å². The second-order valence-electron chi connectivity index (χ2n) is 21.7. The van der Waals surface area contributed by atoms with Gasteiger partial charge in [0.25, 0.3) is 0 Å². The van der Waals surface area contributed by atoms with E-state index >= 15 is 0 Å². The van der Waals surface area contributed by atoms with E-state index in [1.807, 2.05) is 0 Å². The predicted molar refractivity (Wildman–Crippen MR) is 294 cm³/mol. The molecule has 5 aromatic carbocycles. The Balaban J connectivity index is 1.42. The first-order chi connectivity index (χ1) is 32.4. The zero-order chi connectivity index (χ0) is 47.2. The highest BCUT2D eigenvalue weighted by Crippen LogP contribution is 2.64. The third-order valence-corrected chi connectivity index (χ3v) is 16.8. The molecule has 0 saturated heterocycles.